The van der Waals surface area contributed by atoms with E-state index in [2.05, 4.69) is 23.7 Å². The molecule has 4 rings (SSSR count). The maximum absolute atomic E-state index is 13.0. The van der Waals surface area contributed by atoms with Gasteiger partial charge in [0.05, 0.1) is 16.3 Å². The summed E-state index contributed by atoms with van der Waals surface area (Å²) in [6.07, 6.45) is 2.89. The number of fused-ring (bicyclic) bond motifs is 1. The Morgan fingerprint density at radius 2 is 2.20 bits per heavy atom. The zero-order chi connectivity index (χ0) is 17.6. The Labute approximate surface area is 152 Å². The minimum absolute atomic E-state index is 0.00937. The average molecular weight is 359 g/mol. The Morgan fingerprint density at radius 1 is 1.40 bits per heavy atom. The van der Waals surface area contributed by atoms with Crippen molar-refractivity contribution >= 4 is 33.4 Å². The molecule has 0 unspecified atom stereocenters. The summed E-state index contributed by atoms with van der Waals surface area (Å²) in [5.41, 5.74) is 1.64. The van der Waals surface area contributed by atoms with Crippen LogP contribution in [0.25, 0.3) is 10.2 Å². The molecule has 0 radical (unpaired) electrons. The molecule has 1 N–H and O–H groups in total. The molecule has 1 aliphatic carbocycles. The van der Waals surface area contributed by atoms with Crippen molar-refractivity contribution in [3.63, 3.8) is 0 Å². The molecule has 134 valence electrons. The van der Waals surface area contributed by atoms with E-state index in [-0.39, 0.29) is 17.9 Å². The molecule has 3 heterocycles. The van der Waals surface area contributed by atoms with Crippen molar-refractivity contribution in [3.05, 3.63) is 23.2 Å². The van der Waals surface area contributed by atoms with Crippen molar-refractivity contribution in [2.75, 3.05) is 19.6 Å². The van der Waals surface area contributed by atoms with Gasteiger partial charge in [0.1, 0.15) is 5.69 Å². The van der Waals surface area contributed by atoms with E-state index in [1.54, 1.807) is 11.3 Å². The molecule has 2 fully saturated rings. The zero-order valence-corrected chi connectivity index (χ0v) is 15.6. The van der Waals surface area contributed by atoms with Crippen molar-refractivity contribution in [1.82, 2.24) is 14.8 Å². The summed E-state index contributed by atoms with van der Waals surface area (Å²) in [5, 5.41) is 2.02. The molecule has 25 heavy (non-hydrogen) atoms. The average Bonchev–Trinajstić information content (AvgIpc) is 3.18. The van der Waals surface area contributed by atoms with Crippen LogP contribution in [0.1, 0.15) is 43.6 Å². The Balaban J connectivity index is 1.56. The molecule has 2 amide bonds. The van der Waals surface area contributed by atoms with Gasteiger partial charge in [-0.3, -0.25) is 9.59 Å². The number of thiophene rings is 1. The van der Waals surface area contributed by atoms with Crippen LogP contribution in [0.4, 0.5) is 0 Å². The molecular formula is C19H25N3O2S. The molecule has 0 aromatic carbocycles. The molecule has 5 nitrogen and oxygen atoms in total. The number of aromatic amines is 1. The quantitative estimate of drug-likeness (QED) is 0.910. The van der Waals surface area contributed by atoms with E-state index in [0.717, 1.165) is 16.8 Å². The molecule has 1 saturated heterocycles. The summed E-state index contributed by atoms with van der Waals surface area (Å²) < 4.78 is 1.10. The van der Waals surface area contributed by atoms with Crippen LogP contribution in [0.5, 0.6) is 0 Å². The van der Waals surface area contributed by atoms with E-state index in [4.69, 9.17) is 0 Å². The first kappa shape index (κ1) is 16.6. The highest BCUT2D eigenvalue weighted by atomic mass is 32.1. The molecule has 1 aliphatic heterocycles. The van der Waals surface area contributed by atoms with Gasteiger partial charge in [-0.05, 0) is 42.2 Å². The second-order valence-electron chi connectivity index (χ2n) is 7.68. The molecule has 0 spiro atoms. The second kappa shape index (κ2) is 6.48. The number of amides is 2. The van der Waals surface area contributed by atoms with Gasteiger partial charge >= 0.3 is 0 Å². The number of nitrogens with one attached hydrogen (secondary N) is 1. The van der Waals surface area contributed by atoms with E-state index < -0.39 is 0 Å². The highest BCUT2D eigenvalue weighted by Crippen LogP contribution is 2.32. The fourth-order valence-corrected chi connectivity index (χ4v) is 4.46. The summed E-state index contributed by atoms with van der Waals surface area (Å²) in [7, 11) is 0. The molecule has 1 saturated carbocycles. The van der Waals surface area contributed by atoms with Crippen molar-refractivity contribution < 1.29 is 9.59 Å². The van der Waals surface area contributed by atoms with Gasteiger partial charge in [0.25, 0.3) is 5.91 Å². The van der Waals surface area contributed by atoms with Gasteiger partial charge in [0, 0.05) is 26.1 Å². The topological polar surface area (TPSA) is 56.4 Å². The fourth-order valence-electron chi connectivity index (χ4n) is 3.68. The maximum Gasteiger partial charge on any atom is 0.270 e. The van der Waals surface area contributed by atoms with Gasteiger partial charge in [0.2, 0.25) is 5.91 Å². The predicted octanol–water partition coefficient (Wildman–Crippen LogP) is 3.34. The number of aromatic nitrogens is 1. The van der Waals surface area contributed by atoms with Gasteiger partial charge < -0.3 is 14.8 Å². The van der Waals surface area contributed by atoms with Crippen LogP contribution in [0.2, 0.25) is 0 Å². The Morgan fingerprint density at radius 3 is 2.88 bits per heavy atom. The third-order valence-corrected chi connectivity index (χ3v) is 6.27. The van der Waals surface area contributed by atoms with Crippen LogP contribution in [-0.2, 0) is 4.79 Å². The number of carbonyl (C=O) groups is 2. The molecule has 2 aromatic rings. The van der Waals surface area contributed by atoms with Crippen LogP contribution >= 0.6 is 11.3 Å². The Hall–Kier alpha value is -1.82. The summed E-state index contributed by atoms with van der Waals surface area (Å²) in [5.74, 6) is 1.22. The number of H-pyrrole nitrogens is 1. The van der Waals surface area contributed by atoms with Crippen molar-refractivity contribution in [2.24, 2.45) is 11.8 Å². The third kappa shape index (κ3) is 3.32. The lowest BCUT2D eigenvalue weighted by Crippen LogP contribution is -2.48. The normalized spacial score (nSPS) is 22.0. The van der Waals surface area contributed by atoms with Gasteiger partial charge in [0.15, 0.2) is 0 Å². The van der Waals surface area contributed by atoms with Gasteiger partial charge in [-0.2, -0.15) is 0 Å². The number of rotatable bonds is 4. The van der Waals surface area contributed by atoms with Gasteiger partial charge in [-0.15, -0.1) is 11.3 Å². The first-order valence-corrected chi connectivity index (χ1v) is 10.1. The molecule has 2 aromatic heterocycles. The van der Waals surface area contributed by atoms with Crippen molar-refractivity contribution in [1.29, 1.82) is 0 Å². The number of carbonyl (C=O) groups excluding carboxylic acids is 2. The van der Waals surface area contributed by atoms with E-state index >= 15 is 0 Å². The summed E-state index contributed by atoms with van der Waals surface area (Å²) in [6, 6.07) is 4.04. The van der Waals surface area contributed by atoms with E-state index in [1.807, 2.05) is 22.4 Å². The van der Waals surface area contributed by atoms with Gasteiger partial charge in [-0.1, -0.05) is 13.8 Å². The zero-order valence-electron chi connectivity index (χ0n) is 14.8. The van der Waals surface area contributed by atoms with Crippen LogP contribution in [0, 0.1) is 11.8 Å². The summed E-state index contributed by atoms with van der Waals surface area (Å²) >= 11 is 1.63. The molecule has 0 bridgehead atoms. The predicted molar refractivity (Wildman–Crippen MR) is 99.8 cm³/mol. The van der Waals surface area contributed by atoms with Crippen LogP contribution in [0.3, 0.4) is 0 Å². The fraction of sp³-hybridized carbons (Fsp3) is 0.579. The minimum atomic E-state index is 0.00937. The van der Waals surface area contributed by atoms with Crippen molar-refractivity contribution in [2.45, 2.75) is 39.2 Å². The van der Waals surface area contributed by atoms with Gasteiger partial charge in [-0.25, -0.2) is 0 Å². The standard InChI is InChI=1S/C19H25N3O2S/c1-12(2)16-11-21(7-5-18(23)22(16)10-13-3-4-13)19(24)15-9-17-14(20-15)6-8-25-17/h6,8-9,12-13,16,20H,3-5,7,10-11H2,1-2H3/t16-/m0/s1. The molecule has 2 aliphatic rings. The van der Waals surface area contributed by atoms with E-state index in [1.165, 1.54) is 12.8 Å². The molecule has 1 atom stereocenters. The lowest BCUT2D eigenvalue weighted by atomic mass is 10.0. The smallest absolute Gasteiger partial charge is 0.270 e. The summed E-state index contributed by atoms with van der Waals surface area (Å²) in [4.78, 5) is 32.8. The van der Waals surface area contributed by atoms with Crippen LogP contribution < -0.4 is 0 Å². The highest BCUT2D eigenvalue weighted by molar-refractivity contribution is 7.17. The monoisotopic (exact) mass is 359 g/mol. The lowest BCUT2D eigenvalue weighted by Gasteiger charge is -2.34. The first-order chi connectivity index (χ1) is 12.0. The first-order valence-electron chi connectivity index (χ1n) is 9.18. The number of hydrogen-bond donors (Lipinski definition) is 1. The van der Waals surface area contributed by atoms with Crippen molar-refractivity contribution in [3.8, 4) is 0 Å². The number of nitrogens with zero attached hydrogens (tertiary/aromatic N) is 2. The largest absolute Gasteiger partial charge is 0.350 e. The van der Waals surface area contributed by atoms with E-state index in [9.17, 15) is 9.59 Å². The van der Waals surface area contributed by atoms with Crippen LogP contribution in [0.15, 0.2) is 17.5 Å². The maximum atomic E-state index is 13.0. The Kier molecular flexibility index (Phi) is 4.31. The SMILES string of the molecule is CC(C)[C@@H]1CN(C(=O)c2cc3sccc3[nH]2)CCC(=O)N1CC1CC1. The molecule has 6 heteroatoms. The summed E-state index contributed by atoms with van der Waals surface area (Å²) in [6.45, 7) is 6.30. The second-order valence-corrected chi connectivity index (χ2v) is 8.63. The lowest BCUT2D eigenvalue weighted by molar-refractivity contribution is -0.133. The Bertz CT molecular complexity index is 761. The molecular weight excluding hydrogens is 334 g/mol. The minimum Gasteiger partial charge on any atom is -0.350 e. The third-order valence-electron chi connectivity index (χ3n) is 5.40. The number of hydrogen-bond acceptors (Lipinski definition) is 3. The highest BCUT2D eigenvalue weighted by Gasteiger charge is 2.37. The van der Waals surface area contributed by atoms with E-state index in [0.29, 0.717) is 37.0 Å². The van der Waals surface area contributed by atoms with Crippen LogP contribution in [-0.4, -0.2) is 52.3 Å².